The van der Waals surface area contributed by atoms with Crippen LogP contribution in [0.2, 0.25) is 0 Å². The van der Waals surface area contributed by atoms with Crippen molar-refractivity contribution in [3.63, 3.8) is 0 Å². The van der Waals surface area contributed by atoms with Crippen molar-refractivity contribution in [1.82, 2.24) is 9.55 Å². The van der Waals surface area contributed by atoms with Crippen LogP contribution in [0.5, 0.6) is 0 Å². The third-order valence-electron chi connectivity index (χ3n) is 4.32. The Labute approximate surface area is 155 Å². The van der Waals surface area contributed by atoms with Gasteiger partial charge >= 0.3 is 0 Å². The summed E-state index contributed by atoms with van der Waals surface area (Å²) in [6.07, 6.45) is 0. The first-order valence-electron chi connectivity index (χ1n) is 8.22. The average molecular weight is 360 g/mol. The molecule has 3 aromatic rings. The topological polar surface area (TPSA) is 61.9 Å². The summed E-state index contributed by atoms with van der Waals surface area (Å²) in [7, 11) is 0. The molecule has 1 aromatic heterocycles. The summed E-state index contributed by atoms with van der Waals surface area (Å²) in [5, 5.41) is 10.2. The largest absolute Gasteiger partial charge is 0.343 e. The number of nitrogens with zero attached hydrogens (tertiary/aromatic N) is 4. The van der Waals surface area contributed by atoms with Gasteiger partial charge in [0.1, 0.15) is 18.3 Å². The number of aryl methyl sites for hydroxylation is 1. The zero-order valence-electron chi connectivity index (χ0n) is 14.2. The normalized spacial score (nSPS) is 13.2. The Balaban J connectivity index is 1.79. The highest BCUT2D eigenvalue weighted by molar-refractivity contribution is 7.99. The molecule has 5 nitrogen and oxygen atoms in total. The van der Waals surface area contributed by atoms with Gasteiger partial charge in [-0.25, -0.2) is 4.98 Å². The lowest BCUT2D eigenvalue weighted by molar-refractivity contribution is 0.560. The Kier molecular flexibility index (Phi) is 4.23. The van der Waals surface area contributed by atoms with Crippen LogP contribution in [0, 0.1) is 18.3 Å². The molecule has 1 aliphatic rings. The van der Waals surface area contributed by atoms with Gasteiger partial charge < -0.3 is 4.90 Å². The van der Waals surface area contributed by atoms with Crippen LogP contribution >= 0.6 is 11.8 Å². The van der Waals surface area contributed by atoms with Crippen LogP contribution in [-0.2, 0) is 6.67 Å². The fourth-order valence-electron chi connectivity index (χ4n) is 3.00. The molecule has 1 aliphatic heterocycles. The van der Waals surface area contributed by atoms with E-state index in [1.54, 1.807) is 4.57 Å². The first-order chi connectivity index (χ1) is 12.7. The number of fused-ring (bicyclic) bond motifs is 1. The lowest BCUT2D eigenvalue weighted by Crippen LogP contribution is -2.38. The number of hydrogen-bond acceptors (Lipinski definition) is 5. The van der Waals surface area contributed by atoms with Crippen LogP contribution in [0.25, 0.3) is 11.3 Å². The first kappa shape index (κ1) is 16.4. The van der Waals surface area contributed by atoms with Crippen LogP contribution in [0.15, 0.2) is 64.5 Å². The molecule has 0 aliphatic carbocycles. The molecule has 0 spiro atoms. The van der Waals surface area contributed by atoms with E-state index < -0.39 is 0 Å². The number of benzene rings is 2. The summed E-state index contributed by atoms with van der Waals surface area (Å²) in [5.74, 6) is 0.704. The summed E-state index contributed by atoms with van der Waals surface area (Å²) in [6, 6.07) is 19.6. The van der Waals surface area contributed by atoms with Crippen molar-refractivity contribution in [1.29, 1.82) is 5.26 Å². The van der Waals surface area contributed by atoms with Crippen LogP contribution in [0.4, 0.5) is 5.69 Å². The Morgan fingerprint density at radius 3 is 2.69 bits per heavy atom. The maximum atomic E-state index is 12.9. The Hall–Kier alpha value is -3.04. The molecule has 4 rings (SSSR count). The number of rotatable bonds is 2. The van der Waals surface area contributed by atoms with Crippen molar-refractivity contribution in [3.05, 3.63) is 76.1 Å². The molecule has 0 radical (unpaired) electrons. The standard InChI is InChI=1S/C20H16N4OS/c1-14-6-5-9-16(10-14)23-12-24-19(25)17(11-21)18(22-20(24)26-13-23)15-7-3-2-4-8-15/h2-10H,12-13H2,1H3. The summed E-state index contributed by atoms with van der Waals surface area (Å²) >= 11 is 1.51. The molecule has 0 fully saturated rings. The van der Waals surface area contributed by atoms with Crippen molar-refractivity contribution < 1.29 is 0 Å². The summed E-state index contributed by atoms with van der Waals surface area (Å²) in [5.41, 5.74) is 3.27. The molecule has 0 saturated carbocycles. The molecular weight excluding hydrogens is 344 g/mol. The minimum absolute atomic E-state index is 0.0895. The van der Waals surface area contributed by atoms with Gasteiger partial charge in [-0.2, -0.15) is 5.26 Å². The highest BCUT2D eigenvalue weighted by atomic mass is 32.2. The maximum absolute atomic E-state index is 12.9. The van der Waals surface area contributed by atoms with E-state index in [2.05, 4.69) is 22.0 Å². The SMILES string of the molecule is Cc1cccc(N2CSc3nc(-c4ccccc4)c(C#N)c(=O)n3C2)c1. The third kappa shape index (κ3) is 2.87. The van der Waals surface area contributed by atoms with Gasteiger partial charge in [-0.1, -0.05) is 54.2 Å². The minimum Gasteiger partial charge on any atom is -0.343 e. The molecule has 0 bridgehead atoms. The van der Waals surface area contributed by atoms with E-state index in [-0.39, 0.29) is 11.1 Å². The van der Waals surface area contributed by atoms with E-state index in [1.807, 2.05) is 55.5 Å². The maximum Gasteiger partial charge on any atom is 0.274 e. The molecule has 0 N–H and O–H groups in total. The Bertz CT molecular complexity index is 1070. The zero-order chi connectivity index (χ0) is 18.1. The van der Waals surface area contributed by atoms with E-state index in [0.29, 0.717) is 23.4 Å². The van der Waals surface area contributed by atoms with E-state index in [9.17, 15) is 10.1 Å². The van der Waals surface area contributed by atoms with Crippen molar-refractivity contribution in [2.75, 3.05) is 10.8 Å². The lowest BCUT2D eigenvalue weighted by Gasteiger charge is -2.31. The van der Waals surface area contributed by atoms with Gasteiger partial charge in [0.2, 0.25) is 0 Å². The van der Waals surface area contributed by atoms with Gasteiger partial charge in [0, 0.05) is 11.3 Å². The Morgan fingerprint density at radius 2 is 1.96 bits per heavy atom. The molecule has 0 unspecified atom stereocenters. The van der Waals surface area contributed by atoms with Gasteiger partial charge in [-0.3, -0.25) is 9.36 Å². The van der Waals surface area contributed by atoms with Gasteiger partial charge in [-0.05, 0) is 24.6 Å². The van der Waals surface area contributed by atoms with E-state index >= 15 is 0 Å². The first-order valence-corrected chi connectivity index (χ1v) is 9.20. The van der Waals surface area contributed by atoms with Gasteiger partial charge in [0.25, 0.3) is 5.56 Å². The Morgan fingerprint density at radius 1 is 1.15 bits per heavy atom. The van der Waals surface area contributed by atoms with Crippen LogP contribution in [-0.4, -0.2) is 15.4 Å². The van der Waals surface area contributed by atoms with Crippen LogP contribution in [0.1, 0.15) is 11.1 Å². The number of nitriles is 1. The van der Waals surface area contributed by atoms with Crippen LogP contribution < -0.4 is 10.5 Å². The van der Waals surface area contributed by atoms with Crippen molar-refractivity contribution in [3.8, 4) is 17.3 Å². The van der Waals surface area contributed by atoms with Gasteiger partial charge in [0.15, 0.2) is 5.16 Å². The second-order valence-corrected chi connectivity index (χ2v) is 7.03. The molecule has 2 heterocycles. The number of thioether (sulfide) groups is 1. The molecule has 0 atom stereocenters. The predicted molar refractivity (Wildman–Crippen MR) is 103 cm³/mol. The highest BCUT2D eigenvalue weighted by Crippen LogP contribution is 2.29. The number of anilines is 1. The monoisotopic (exact) mass is 360 g/mol. The van der Waals surface area contributed by atoms with E-state index in [4.69, 9.17) is 0 Å². The lowest BCUT2D eigenvalue weighted by atomic mass is 10.1. The van der Waals surface area contributed by atoms with Crippen LogP contribution in [0.3, 0.4) is 0 Å². The summed E-state index contributed by atoms with van der Waals surface area (Å²) < 4.78 is 1.58. The van der Waals surface area contributed by atoms with Gasteiger partial charge in [-0.15, -0.1) is 0 Å². The average Bonchev–Trinajstić information content (AvgIpc) is 2.68. The third-order valence-corrected chi connectivity index (χ3v) is 5.33. The summed E-state index contributed by atoms with van der Waals surface area (Å²) in [6.45, 7) is 2.43. The second kappa shape index (κ2) is 6.70. The second-order valence-electron chi connectivity index (χ2n) is 6.12. The number of hydrogen-bond donors (Lipinski definition) is 0. The fourth-order valence-corrected chi connectivity index (χ4v) is 3.96. The van der Waals surface area contributed by atoms with Gasteiger partial charge in [0.05, 0.1) is 11.6 Å². The quantitative estimate of drug-likeness (QED) is 0.653. The minimum atomic E-state index is -0.291. The molecular formula is C20H16N4OS. The molecule has 2 aromatic carbocycles. The molecule has 0 saturated heterocycles. The predicted octanol–water partition coefficient (Wildman–Crippen LogP) is 3.62. The molecule has 128 valence electrons. The van der Waals surface area contributed by atoms with Crippen molar-refractivity contribution >= 4 is 17.4 Å². The highest BCUT2D eigenvalue weighted by Gasteiger charge is 2.24. The fraction of sp³-hybridized carbons (Fsp3) is 0.150. The van der Waals surface area contributed by atoms with E-state index in [1.165, 1.54) is 17.3 Å². The molecule has 6 heteroatoms. The smallest absolute Gasteiger partial charge is 0.274 e. The van der Waals surface area contributed by atoms with Crippen molar-refractivity contribution in [2.45, 2.75) is 18.7 Å². The zero-order valence-corrected chi connectivity index (χ0v) is 15.0. The van der Waals surface area contributed by atoms with Crippen molar-refractivity contribution in [2.24, 2.45) is 0 Å². The van der Waals surface area contributed by atoms with E-state index in [0.717, 1.165) is 11.3 Å². The molecule has 26 heavy (non-hydrogen) atoms. The number of aromatic nitrogens is 2. The summed E-state index contributed by atoms with van der Waals surface area (Å²) in [4.78, 5) is 19.7. The molecule has 0 amide bonds.